The van der Waals surface area contributed by atoms with Gasteiger partial charge in [0.05, 0.1) is 19.9 Å². The molecule has 1 heterocycles. The van der Waals surface area contributed by atoms with E-state index in [1.54, 1.807) is 14.2 Å². The highest BCUT2D eigenvalue weighted by Crippen LogP contribution is 2.22. The average Bonchev–Trinajstić information content (AvgIpc) is 3.04. The third-order valence-corrected chi connectivity index (χ3v) is 4.38. The van der Waals surface area contributed by atoms with Gasteiger partial charge in [-0.2, -0.15) is 4.37 Å². The summed E-state index contributed by atoms with van der Waals surface area (Å²) in [5.74, 6) is 2.17. The molecule has 3 rings (SSSR count). The zero-order chi connectivity index (χ0) is 18.5. The lowest BCUT2D eigenvalue weighted by Crippen LogP contribution is -2.16. The van der Waals surface area contributed by atoms with Gasteiger partial charge in [-0.3, -0.25) is 4.57 Å². The molecule has 0 bridgehead atoms. The van der Waals surface area contributed by atoms with Crippen LogP contribution in [-0.2, 0) is 0 Å². The van der Waals surface area contributed by atoms with Crippen molar-refractivity contribution in [1.82, 2.24) is 8.94 Å². The van der Waals surface area contributed by atoms with Gasteiger partial charge in [0, 0.05) is 17.2 Å². The minimum atomic E-state index is 0.243. The normalized spacial score (nSPS) is 11.3. The van der Waals surface area contributed by atoms with Gasteiger partial charge in [0.25, 0.3) is 0 Å². The number of hydrogen-bond acceptors (Lipinski definition) is 6. The van der Waals surface area contributed by atoms with E-state index in [9.17, 15) is 0 Å². The Hall–Kier alpha value is -2.36. The molecule has 0 aliphatic heterocycles. The molecule has 0 fully saturated rings. The number of rotatable bonds is 5. The molecule has 26 heavy (non-hydrogen) atoms. The van der Waals surface area contributed by atoms with Crippen molar-refractivity contribution in [2.24, 2.45) is 4.99 Å². The number of benzene rings is 2. The van der Waals surface area contributed by atoms with E-state index in [0.717, 1.165) is 22.9 Å². The Kier molecular flexibility index (Phi) is 5.92. The maximum atomic E-state index is 5.22. The molecule has 0 radical (unpaired) electrons. The molecule has 6 nitrogen and oxygen atoms in total. The Balaban J connectivity index is 2.04. The molecule has 0 spiro atoms. The molecule has 9 heteroatoms. The molecule has 1 N–H and O–H groups in total. The molecule has 1 aromatic heterocycles. The number of anilines is 2. The van der Waals surface area contributed by atoms with Gasteiger partial charge in [-0.1, -0.05) is 12.2 Å². The van der Waals surface area contributed by atoms with Crippen LogP contribution in [0.4, 0.5) is 11.6 Å². The van der Waals surface area contributed by atoms with Crippen LogP contribution in [0.5, 0.6) is 11.5 Å². The van der Waals surface area contributed by atoms with Crippen molar-refractivity contribution in [2.45, 2.75) is 0 Å². The fraction of sp³-hybridized carbons (Fsp3) is 0.118. The predicted molar refractivity (Wildman–Crippen MR) is 111 cm³/mol. The highest BCUT2D eigenvalue weighted by molar-refractivity contribution is 8.11. The minimum Gasteiger partial charge on any atom is -0.497 e. The molecular formula is C17H16N4O2S3. The molecule has 0 aliphatic rings. The SMILES string of the molecule is COc1ccc(Nc2ns/c(=N\C(=S)S)n2-c2ccc(OC)cc2)cc1. The number of hydrogen-bond donors (Lipinski definition) is 2. The first-order chi connectivity index (χ1) is 12.6. The minimum absolute atomic E-state index is 0.243. The zero-order valence-electron chi connectivity index (χ0n) is 14.0. The number of ether oxygens (including phenoxy) is 2. The summed E-state index contributed by atoms with van der Waals surface area (Å²) in [7, 11) is 3.26. The first-order valence-electron chi connectivity index (χ1n) is 7.52. The number of thiol groups is 1. The second kappa shape index (κ2) is 8.35. The van der Waals surface area contributed by atoms with Crippen LogP contribution in [0.2, 0.25) is 0 Å². The van der Waals surface area contributed by atoms with Gasteiger partial charge in [0.15, 0.2) is 4.32 Å². The topological polar surface area (TPSA) is 60.7 Å². The summed E-state index contributed by atoms with van der Waals surface area (Å²) in [5, 5.41) is 3.29. The van der Waals surface area contributed by atoms with Crippen molar-refractivity contribution in [3.8, 4) is 17.2 Å². The van der Waals surface area contributed by atoms with E-state index in [0.29, 0.717) is 10.7 Å². The lowest BCUT2D eigenvalue weighted by molar-refractivity contribution is 0.414. The Morgan fingerprint density at radius 3 is 2.19 bits per heavy atom. The van der Waals surface area contributed by atoms with E-state index in [1.807, 2.05) is 53.1 Å². The van der Waals surface area contributed by atoms with Crippen LogP contribution in [0.15, 0.2) is 53.5 Å². The van der Waals surface area contributed by atoms with E-state index in [2.05, 4.69) is 27.3 Å². The maximum absolute atomic E-state index is 5.22. The highest BCUT2D eigenvalue weighted by atomic mass is 32.1. The number of aromatic nitrogens is 2. The van der Waals surface area contributed by atoms with Crippen molar-refractivity contribution in [1.29, 1.82) is 0 Å². The molecule has 0 saturated heterocycles. The van der Waals surface area contributed by atoms with Crippen LogP contribution in [-0.4, -0.2) is 27.5 Å². The van der Waals surface area contributed by atoms with Crippen molar-refractivity contribution in [3.05, 3.63) is 53.3 Å². The van der Waals surface area contributed by atoms with Gasteiger partial charge < -0.3 is 14.8 Å². The van der Waals surface area contributed by atoms with Crippen LogP contribution in [0.1, 0.15) is 0 Å². The monoisotopic (exact) mass is 404 g/mol. The smallest absolute Gasteiger partial charge is 0.225 e. The van der Waals surface area contributed by atoms with Crippen molar-refractivity contribution >= 4 is 52.3 Å². The number of nitrogens with one attached hydrogen (secondary N) is 1. The third kappa shape index (κ3) is 4.24. The van der Waals surface area contributed by atoms with Crippen molar-refractivity contribution < 1.29 is 9.47 Å². The summed E-state index contributed by atoms with van der Waals surface area (Å²) >= 11 is 10.3. The quantitative estimate of drug-likeness (QED) is 0.500. The molecule has 0 amide bonds. The fourth-order valence-corrected chi connectivity index (χ4v) is 3.26. The van der Waals surface area contributed by atoms with E-state index in [4.69, 9.17) is 21.7 Å². The van der Waals surface area contributed by atoms with E-state index in [-0.39, 0.29) is 4.32 Å². The second-order valence-electron chi connectivity index (χ2n) is 5.07. The molecule has 0 atom stereocenters. The molecular weight excluding hydrogens is 388 g/mol. The summed E-state index contributed by atoms with van der Waals surface area (Å²) < 4.78 is 17.0. The van der Waals surface area contributed by atoms with Gasteiger partial charge in [-0.25, -0.2) is 4.99 Å². The summed E-state index contributed by atoms with van der Waals surface area (Å²) in [4.78, 5) is 4.91. The lowest BCUT2D eigenvalue weighted by Gasteiger charge is -2.10. The maximum Gasteiger partial charge on any atom is 0.225 e. The van der Waals surface area contributed by atoms with Crippen molar-refractivity contribution in [2.75, 3.05) is 19.5 Å². The average molecular weight is 405 g/mol. The Morgan fingerprint density at radius 2 is 1.65 bits per heavy atom. The second-order valence-corrected chi connectivity index (χ2v) is 6.91. The van der Waals surface area contributed by atoms with E-state index >= 15 is 0 Å². The van der Waals surface area contributed by atoms with Crippen LogP contribution in [0.3, 0.4) is 0 Å². The molecule has 0 unspecified atom stereocenters. The fourth-order valence-electron chi connectivity index (χ4n) is 2.25. The number of thiocarbonyl (C=S) groups is 1. The van der Waals surface area contributed by atoms with Crippen LogP contribution >= 0.6 is 36.4 Å². The standard InChI is InChI=1S/C17H16N4O2S3/c1-22-13-7-3-11(4-8-13)18-15-20-26-16(19-17(24)25)21(15)12-5-9-14(23-2)10-6-12/h3-10H,1-2H3,(H,18,20)(H,24,25)/b19-16-. The molecule has 0 saturated carbocycles. The van der Waals surface area contributed by atoms with Gasteiger partial charge >= 0.3 is 0 Å². The number of nitrogens with zero attached hydrogens (tertiary/aromatic N) is 3. The van der Waals surface area contributed by atoms with E-state index < -0.39 is 0 Å². The number of methoxy groups -OCH3 is 2. The zero-order valence-corrected chi connectivity index (χ0v) is 16.6. The van der Waals surface area contributed by atoms with Gasteiger partial charge in [0.1, 0.15) is 11.5 Å². The summed E-state index contributed by atoms with van der Waals surface area (Å²) in [6.07, 6.45) is 0. The van der Waals surface area contributed by atoms with Gasteiger partial charge in [-0.05, 0) is 48.5 Å². The van der Waals surface area contributed by atoms with Gasteiger partial charge in [-0.15, -0.1) is 12.6 Å². The molecule has 3 aromatic rings. The Morgan fingerprint density at radius 1 is 1.08 bits per heavy atom. The summed E-state index contributed by atoms with van der Waals surface area (Å²) in [6.45, 7) is 0. The van der Waals surface area contributed by atoms with Crippen LogP contribution in [0.25, 0.3) is 5.69 Å². The summed E-state index contributed by atoms with van der Waals surface area (Å²) in [5.41, 5.74) is 1.75. The molecule has 0 aliphatic carbocycles. The Bertz CT molecular complexity index is 963. The van der Waals surface area contributed by atoms with Crippen molar-refractivity contribution in [3.63, 3.8) is 0 Å². The molecule has 2 aromatic carbocycles. The van der Waals surface area contributed by atoms with Gasteiger partial charge in [0.2, 0.25) is 10.7 Å². The van der Waals surface area contributed by atoms with E-state index in [1.165, 1.54) is 11.5 Å². The summed E-state index contributed by atoms with van der Waals surface area (Å²) in [6, 6.07) is 15.2. The van der Waals surface area contributed by atoms with Crippen LogP contribution < -0.4 is 19.6 Å². The highest BCUT2D eigenvalue weighted by Gasteiger charge is 2.11. The Labute approximate surface area is 165 Å². The third-order valence-electron chi connectivity index (χ3n) is 3.48. The first-order valence-corrected chi connectivity index (χ1v) is 9.15. The van der Waals surface area contributed by atoms with Crippen LogP contribution in [0, 0.1) is 0 Å². The predicted octanol–water partition coefficient (Wildman–Crippen LogP) is 3.81. The lowest BCUT2D eigenvalue weighted by atomic mass is 10.3. The largest absolute Gasteiger partial charge is 0.497 e. The molecule has 134 valence electrons. The first kappa shape index (κ1) is 18.4.